The van der Waals surface area contributed by atoms with Crippen molar-refractivity contribution >= 4 is 15.9 Å². The van der Waals surface area contributed by atoms with Crippen molar-refractivity contribution in [1.82, 2.24) is 15.0 Å². The zero-order valence-corrected chi connectivity index (χ0v) is 9.30. The molecule has 0 aromatic carbocycles. The monoisotopic (exact) mass is 231 g/mol. The van der Waals surface area contributed by atoms with Gasteiger partial charge in [0.1, 0.15) is 0 Å². The van der Waals surface area contributed by atoms with E-state index in [0.717, 1.165) is 17.4 Å². The van der Waals surface area contributed by atoms with Gasteiger partial charge in [0.15, 0.2) is 4.60 Å². The van der Waals surface area contributed by atoms with Gasteiger partial charge in [-0.05, 0) is 36.2 Å². The molecule has 0 radical (unpaired) electrons. The van der Waals surface area contributed by atoms with Crippen molar-refractivity contribution in [2.75, 3.05) is 0 Å². The molecule has 1 aromatic heterocycles. The Morgan fingerprint density at radius 3 is 2.67 bits per heavy atom. The van der Waals surface area contributed by atoms with Gasteiger partial charge in [-0.25, -0.2) is 4.68 Å². The quantitative estimate of drug-likeness (QED) is 0.801. The van der Waals surface area contributed by atoms with Crippen LogP contribution in [0, 0.1) is 0 Å². The second kappa shape index (κ2) is 4.03. The lowest BCUT2D eigenvalue weighted by molar-refractivity contribution is 0.492. The van der Waals surface area contributed by atoms with E-state index < -0.39 is 0 Å². The molecule has 0 bridgehead atoms. The summed E-state index contributed by atoms with van der Waals surface area (Å²) in [5.74, 6) is 0. The molecule has 1 rings (SSSR count). The summed E-state index contributed by atoms with van der Waals surface area (Å²) in [5, 5.41) is 8.04. The summed E-state index contributed by atoms with van der Waals surface area (Å²) in [6.45, 7) is 6.38. The first-order valence-electron chi connectivity index (χ1n) is 4.26. The largest absolute Gasteiger partial charge is 0.246 e. The predicted molar refractivity (Wildman–Crippen MR) is 52.1 cm³/mol. The van der Waals surface area contributed by atoms with Crippen molar-refractivity contribution in [2.45, 2.75) is 39.7 Å². The number of rotatable bonds is 3. The molecule has 0 unspecified atom stereocenters. The fourth-order valence-electron chi connectivity index (χ4n) is 1.16. The van der Waals surface area contributed by atoms with Crippen LogP contribution in [0.3, 0.4) is 0 Å². The van der Waals surface area contributed by atoms with Crippen LogP contribution in [-0.4, -0.2) is 15.0 Å². The first-order valence-corrected chi connectivity index (χ1v) is 5.05. The number of nitrogens with zero attached hydrogens (tertiary/aromatic N) is 3. The van der Waals surface area contributed by atoms with Crippen molar-refractivity contribution in [3.05, 3.63) is 10.3 Å². The standard InChI is InChI=1S/C8H14BrN3/c1-4-5-7-8(9)10-11-12(7)6(2)3/h6H,4-5H2,1-3H3. The van der Waals surface area contributed by atoms with Crippen molar-refractivity contribution in [3.8, 4) is 0 Å². The molecule has 0 spiro atoms. The van der Waals surface area contributed by atoms with Crippen molar-refractivity contribution in [2.24, 2.45) is 0 Å². The van der Waals surface area contributed by atoms with E-state index in [-0.39, 0.29) is 0 Å². The van der Waals surface area contributed by atoms with Crippen LogP contribution in [0.4, 0.5) is 0 Å². The van der Waals surface area contributed by atoms with E-state index in [4.69, 9.17) is 0 Å². The Balaban J connectivity index is 2.95. The molecule has 12 heavy (non-hydrogen) atoms. The maximum atomic E-state index is 4.05. The van der Waals surface area contributed by atoms with E-state index >= 15 is 0 Å². The van der Waals surface area contributed by atoms with E-state index in [2.05, 4.69) is 47.0 Å². The van der Waals surface area contributed by atoms with Gasteiger partial charge in [-0.3, -0.25) is 0 Å². The summed E-state index contributed by atoms with van der Waals surface area (Å²) < 4.78 is 2.85. The minimum absolute atomic E-state index is 0.394. The third-order valence-electron chi connectivity index (χ3n) is 1.72. The van der Waals surface area contributed by atoms with Crippen LogP contribution in [0.1, 0.15) is 38.9 Å². The van der Waals surface area contributed by atoms with E-state index in [1.54, 1.807) is 0 Å². The molecule has 0 saturated heterocycles. The highest BCUT2D eigenvalue weighted by Gasteiger charge is 2.11. The lowest BCUT2D eigenvalue weighted by Gasteiger charge is -2.08. The number of halogens is 1. The van der Waals surface area contributed by atoms with E-state index in [1.165, 1.54) is 5.69 Å². The minimum atomic E-state index is 0.394. The molecule has 4 heteroatoms. The summed E-state index contributed by atoms with van der Waals surface area (Å²) in [4.78, 5) is 0. The van der Waals surface area contributed by atoms with Crippen LogP contribution < -0.4 is 0 Å². The van der Waals surface area contributed by atoms with Gasteiger partial charge >= 0.3 is 0 Å². The SMILES string of the molecule is CCCc1c(Br)nnn1C(C)C. The minimum Gasteiger partial charge on any atom is -0.246 e. The molecule has 0 aliphatic rings. The lowest BCUT2D eigenvalue weighted by Crippen LogP contribution is -2.07. The van der Waals surface area contributed by atoms with Gasteiger partial charge in [-0.15, -0.1) is 5.10 Å². The van der Waals surface area contributed by atoms with Crippen LogP contribution in [0.5, 0.6) is 0 Å². The average Bonchev–Trinajstić information content (AvgIpc) is 2.34. The summed E-state index contributed by atoms with van der Waals surface area (Å²) >= 11 is 3.39. The van der Waals surface area contributed by atoms with Gasteiger partial charge in [-0.2, -0.15) is 0 Å². The molecule has 0 saturated carbocycles. The molecule has 0 amide bonds. The zero-order chi connectivity index (χ0) is 9.14. The molecule has 68 valence electrons. The van der Waals surface area contributed by atoms with Crippen molar-refractivity contribution < 1.29 is 0 Å². The van der Waals surface area contributed by atoms with Gasteiger partial charge in [-0.1, -0.05) is 18.6 Å². The molecule has 0 fully saturated rings. The third-order valence-corrected chi connectivity index (χ3v) is 2.34. The summed E-state index contributed by atoms with van der Waals surface area (Å²) in [7, 11) is 0. The van der Waals surface area contributed by atoms with Gasteiger partial charge in [0.25, 0.3) is 0 Å². The smallest absolute Gasteiger partial charge is 0.151 e. The molecule has 0 aliphatic heterocycles. The molecular formula is C8H14BrN3. The van der Waals surface area contributed by atoms with Gasteiger partial charge < -0.3 is 0 Å². The van der Waals surface area contributed by atoms with Crippen molar-refractivity contribution in [1.29, 1.82) is 0 Å². The molecule has 0 aliphatic carbocycles. The normalized spacial score (nSPS) is 11.1. The molecule has 1 aromatic rings. The molecular weight excluding hydrogens is 218 g/mol. The van der Waals surface area contributed by atoms with Crippen LogP contribution in [0.2, 0.25) is 0 Å². The van der Waals surface area contributed by atoms with Crippen molar-refractivity contribution in [3.63, 3.8) is 0 Å². The number of hydrogen-bond donors (Lipinski definition) is 0. The van der Waals surface area contributed by atoms with Gasteiger partial charge in [0.2, 0.25) is 0 Å². The Hall–Kier alpha value is -0.380. The highest BCUT2D eigenvalue weighted by Crippen LogP contribution is 2.17. The Labute approximate surface area is 81.3 Å². The Morgan fingerprint density at radius 2 is 2.17 bits per heavy atom. The van der Waals surface area contributed by atoms with Crippen LogP contribution in [-0.2, 0) is 6.42 Å². The van der Waals surface area contributed by atoms with Gasteiger partial charge in [0.05, 0.1) is 5.69 Å². The zero-order valence-electron chi connectivity index (χ0n) is 7.71. The summed E-state index contributed by atoms with van der Waals surface area (Å²) in [5.41, 5.74) is 1.20. The maximum absolute atomic E-state index is 4.05. The summed E-state index contributed by atoms with van der Waals surface area (Å²) in [6, 6.07) is 0.394. The first-order chi connectivity index (χ1) is 5.66. The van der Waals surface area contributed by atoms with Crippen LogP contribution in [0.25, 0.3) is 0 Å². The Kier molecular flexibility index (Phi) is 3.26. The second-order valence-corrected chi connectivity index (χ2v) is 3.87. The predicted octanol–water partition coefficient (Wildman–Crippen LogP) is 2.57. The highest BCUT2D eigenvalue weighted by molar-refractivity contribution is 9.10. The third kappa shape index (κ3) is 1.86. The van der Waals surface area contributed by atoms with E-state index in [9.17, 15) is 0 Å². The second-order valence-electron chi connectivity index (χ2n) is 3.12. The van der Waals surface area contributed by atoms with Crippen LogP contribution >= 0.6 is 15.9 Å². The molecule has 0 atom stereocenters. The first kappa shape index (κ1) is 9.71. The molecule has 0 N–H and O–H groups in total. The average molecular weight is 232 g/mol. The van der Waals surface area contributed by atoms with E-state index in [0.29, 0.717) is 6.04 Å². The topological polar surface area (TPSA) is 30.7 Å². The van der Waals surface area contributed by atoms with E-state index in [1.807, 2.05) is 4.68 Å². The Bertz CT molecular complexity index is 255. The highest BCUT2D eigenvalue weighted by atomic mass is 79.9. The number of hydrogen-bond acceptors (Lipinski definition) is 2. The maximum Gasteiger partial charge on any atom is 0.151 e. The fraction of sp³-hybridized carbons (Fsp3) is 0.750. The van der Waals surface area contributed by atoms with Crippen LogP contribution in [0.15, 0.2) is 4.60 Å². The Morgan fingerprint density at radius 1 is 1.50 bits per heavy atom. The van der Waals surface area contributed by atoms with Gasteiger partial charge in [0, 0.05) is 6.04 Å². The summed E-state index contributed by atoms with van der Waals surface area (Å²) in [6.07, 6.45) is 2.16. The number of aromatic nitrogens is 3. The molecule has 3 nitrogen and oxygen atoms in total. The lowest BCUT2D eigenvalue weighted by atomic mass is 10.2. The fourth-order valence-corrected chi connectivity index (χ4v) is 1.61. The molecule has 1 heterocycles.